The predicted octanol–water partition coefficient (Wildman–Crippen LogP) is 0.778. The van der Waals surface area contributed by atoms with Crippen LogP contribution in [0, 0.1) is 0 Å². The Morgan fingerprint density at radius 3 is 2.90 bits per heavy atom. The van der Waals surface area contributed by atoms with Crippen molar-refractivity contribution in [1.82, 2.24) is 10.1 Å². The van der Waals surface area contributed by atoms with Crippen molar-refractivity contribution in [3.05, 3.63) is 11.7 Å². The zero-order valence-corrected chi connectivity index (χ0v) is 6.13. The van der Waals surface area contributed by atoms with E-state index in [-0.39, 0.29) is 0 Å². The largest absolute Gasteiger partial charge is 0.375 e. The van der Waals surface area contributed by atoms with Crippen LogP contribution in [0.25, 0.3) is 0 Å². The molecule has 0 aromatic carbocycles. The topological polar surface area (TPSA) is 48.2 Å². The van der Waals surface area contributed by atoms with Gasteiger partial charge in [0.25, 0.3) is 5.89 Å². The third-order valence-corrected chi connectivity index (χ3v) is 1.09. The lowest BCUT2D eigenvalue weighted by Crippen LogP contribution is -1.87. The van der Waals surface area contributed by atoms with Gasteiger partial charge in [0.05, 0.1) is 0 Å². The summed E-state index contributed by atoms with van der Waals surface area (Å²) in [5, 5.41) is 3.69. The summed E-state index contributed by atoms with van der Waals surface area (Å²) in [6, 6.07) is 0. The first-order valence-electron chi connectivity index (χ1n) is 3.17. The summed E-state index contributed by atoms with van der Waals surface area (Å²) in [6.07, 6.45) is 0.799. The third-order valence-electron chi connectivity index (χ3n) is 1.09. The lowest BCUT2D eigenvalue weighted by molar-refractivity contribution is 0.151. The molecule has 4 heteroatoms. The molecular weight excluding hydrogens is 132 g/mol. The first-order chi connectivity index (χ1) is 4.86. The van der Waals surface area contributed by atoms with Gasteiger partial charge < -0.3 is 9.26 Å². The minimum Gasteiger partial charge on any atom is -0.375 e. The van der Waals surface area contributed by atoms with Gasteiger partial charge in [0, 0.05) is 13.5 Å². The van der Waals surface area contributed by atoms with Crippen LogP contribution in [0.5, 0.6) is 0 Å². The average molecular weight is 142 g/mol. The van der Waals surface area contributed by atoms with E-state index in [4.69, 9.17) is 9.26 Å². The molecule has 0 spiro atoms. The Morgan fingerprint density at radius 1 is 1.60 bits per heavy atom. The van der Waals surface area contributed by atoms with Crippen LogP contribution in [0.15, 0.2) is 4.52 Å². The fraction of sp³-hybridized carbons (Fsp3) is 0.667. The van der Waals surface area contributed by atoms with Crippen molar-refractivity contribution in [2.45, 2.75) is 20.0 Å². The first kappa shape index (κ1) is 7.21. The molecule has 0 N–H and O–H groups in total. The summed E-state index contributed by atoms with van der Waals surface area (Å²) < 4.78 is 9.60. The van der Waals surface area contributed by atoms with Crippen LogP contribution in [0.1, 0.15) is 18.6 Å². The molecule has 1 aromatic rings. The van der Waals surface area contributed by atoms with Crippen LogP contribution in [0.3, 0.4) is 0 Å². The summed E-state index contributed by atoms with van der Waals surface area (Å²) in [5.74, 6) is 1.27. The van der Waals surface area contributed by atoms with Crippen molar-refractivity contribution < 1.29 is 9.26 Å². The maximum Gasteiger partial charge on any atom is 0.252 e. The van der Waals surface area contributed by atoms with E-state index in [9.17, 15) is 0 Å². The maximum absolute atomic E-state index is 4.81. The monoisotopic (exact) mass is 142 g/mol. The highest BCUT2D eigenvalue weighted by Crippen LogP contribution is 1.98. The molecular formula is C6H10N2O2. The Balaban J connectivity index is 2.59. The van der Waals surface area contributed by atoms with Gasteiger partial charge in [0.15, 0.2) is 5.82 Å². The van der Waals surface area contributed by atoms with Gasteiger partial charge in [-0.15, -0.1) is 0 Å². The highest BCUT2D eigenvalue weighted by atomic mass is 16.5. The fourth-order valence-corrected chi connectivity index (χ4v) is 0.616. The second-order valence-corrected chi connectivity index (χ2v) is 1.89. The number of ether oxygens (including phenoxy) is 1. The van der Waals surface area contributed by atoms with Crippen LogP contribution in [-0.2, 0) is 17.8 Å². The van der Waals surface area contributed by atoms with Gasteiger partial charge in [-0.05, 0) is 0 Å². The van der Waals surface area contributed by atoms with Crippen molar-refractivity contribution in [2.75, 3.05) is 7.11 Å². The molecule has 0 aliphatic rings. The van der Waals surface area contributed by atoms with Gasteiger partial charge in [-0.1, -0.05) is 12.1 Å². The summed E-state index contributed by atoms with van der Waals surface area (Å²) in [7, 11) is 1.59. The minimum atomic E-state index is 0.396. The van der Waals surface area contributed by atoms with E-state index in [1.54, 1.807) is 7.11 Å². The first-order valence-corrected chi connectivity index (χ1v) is 3.17. The zero-order chi connectivity index (χ0) is 7.40. The van der Waals surface area contributed by atoms with Crippen molar-refractivity contribution in [3.63, 3.8) is 0 Å². The van der Waals surface area contributed by atoms with E-state index in [1.165, 1.54) is 0 Å². The molecule has 1 rings (SSSR count). The molecule has 0 radical (unpaired) electrons. The van der Waals surface area contributed by atoms with Gasteiger partial charge in [0.2, 0.25) is 0 Å². The Bertz CT molecular complexity index is 197. The molecule has 0 atom stereocenters. The number of nitrogens with zero attached hydrogens (tertiary/aromatic N) is 2. The normalized spacial score (nSPS) is 10.2. The molecule has 1 aromatic heterocycles. The Labute approximate surface area is 59.2 Å². The number of hydrogen-bond acceptors (Lipinski definition) is 4. The second kappa shape index (κ2) is 3.31. The van der Waals surface area contributed by atoms with E-state index in [0.29, 0.717) is 12.5 Å². The van der Waals surface area contributed by atoms with Gasteiger partial charge in [-0.2, -0.15) is 4.98 Å². The molecule has 56 valence electrons. The summed E-state index contributed by atoms with van der Waals surface area (Å²) in [6.45, 7) is 2.37. The maximum atomic E-state index is 4.81. The van der Waals surface area contributed by atoms with Crippen LogP contribution in [0.4, 0.5) is 0 Å². The van der Waals surface area contributed by atoms with Crippen LogP contribution >= 0.6 is 0 Å². The van der Waals surface area contributed by atoms with Gasteiger partial charge in [-0.3, -0.25) is 0 Å². The molecule has 0 bridgehead atoms. The molecule has 0 aliphatic heterocycles. The number of methoxy groups -OCH3 is 1. The highest BCUT2D eigenvalue weighted by molar-refractivity contribution is 4.83. The lowest BCUT2D eigenvalue weighted by Gasteiger charge is -1.85. The second-order valence-electron chi connectivity index (χ2n) is 1.89. The SMILES string of the molecule is CCc1noc(COC)n1. The predicted molar refractivity (Wildman–Crippen MR) is 34.4 cm³/mol. The van der Waals surface area contributed by atoms with Gasteiger partial charge in [-0.25, -0.2) is 0 Å². The minimum absolute atomic E-state index is 0.396. The van der Waals surface area contributed by atoms with Gasteiger partial charge >= 0.3 is 0 Å². The van der Waals surface area contributed by atoms with Crippen molar-refractivity contribution in [3.8, 4) is 0 Å². The van der Waals surface area contributed by atoms with Crippen LogP contribution in [-0.4, -0.2) is 17.3 Å². The fourth-order valence-electron chi connectivity index (χ4n) is 0.616. The Morgan fingerprint density at radius 2 is 2.40 bits per heavy atom. The standard InChI is InChI=1S/C6H10N2O2/c1-3-5-7-6(4-9-2)10-8-5/h3-4H2,1-2H3. The highest BCUT2D eigenvalue weighted by Gasteiger charge is 2.01. The quantitative estimate of drug-likeness (QED) is 0.625. The zero-order valence-electron chi connectivity index (χ0n) is 6.13. The summed E-state index contributed by atoms with van der Waals surface area (Å²) in [4.78, 5) is 4.02. The molecule has 0 amide bonds. The van der Waals surface area contributed by atoms with Crippen molar-refractivity contribution in [1.29, 1.82) is 0 Å². The molecule has 0 saturated carbocycles. The molecule has 10 heavy (non-hydrogen) atoms. The van der Waals surface area contributed by atoms with E-state index in [2.05, 4.69) is 10.1 Å². The molecule has 1 heterocycles. The Kier molecular flexibility index (Phi) is 2.39. The van der Waals surface area contributed by atoms with Crippen molar-refractivity contribution in [2.24, 2.45) is 0 Å². The molecule has 0 saturated heterocycles. The summed E-state index contributed by atoms with van der Waals surface area (Å²) in [5.41, 5.74) is 0. The van der Waals surface area contributed by atoms with E-state index in [1.807, 2.05) is 6.92 Å². The van der Waals surface area contributed by atoms with Crippen molar-refractivity contribution >= 4 is 0 Å². The van der Waals surface area contributed by atoms with Crippen LogP contribution in [0.2, 0.25) is 0 Å². The van der Waals surface area contributed by atoms with E-state index < -0.39 is 0 Å². The van der Waals surface area contributed by atoms with Gasteiger partial charge in [0.1, 0.15) is 6.61 Å². The van der Waals surface area contributed by atoms with E-state index in [0.717, 1.165) is 12.2 Å². The van der Waals surface area contributed by atoms with E-state index >= 15 is 0 Å². The Hall–Kier alpha value is -0.900. The lowest BCUT2D eigenvalue weighted by atomic mass is 10.5. The summed E-state index contributed by atoms with van der Waals surface area (Å²) >= 11 is 0. The number of aromatic nitrogens is 2. The average Bonchev–Trinajstić information content (AvgIpc) is 2.37. The number of aryl methyl sites for hydroxylation is 1. The molecule has 0 aliphatic carbocycles. The number of hydrogen-bond donors (Lipinski definition) is 0. The molecule has 0 fully saturated rings. The molecule has 0 unspecified atom stereocenters. The number of rotatable bonds is 3. The third kappa shape index (κ3) is 1.54. The van der Waals surface area contributed by atoms with Crippen LogP contribution < -0.4 is 0 Å². The molecule has 4 nitrogen and oxygen atoms in total. The smallest absolute Gasteiger partial charge is 0.252 e.